The van der Waals surface area contributed by atoms with E-state index in [4.69, 9.17) is 0 Å². The Morgan fingerprint density at radius 3 is 3.10 bits per heavy atom. The Kier molecular flexibility index (Phi) is 3.75. The highest BCUT2D eigenvalue weighted by atomic mass is 16.1. The summed E-state index contributed by atoms with van der Waals surface area (Å²) >= 11 is 0. The van der Waals surface area contributed by atoms with E-state index >= 15 is 0 Å². The molecule has 1 aliphatic rings. The molecule has 2 heterocycles. The fourth-order valence-electron chi connectivity index (χ4n) is 2.69. The van der Waals surface area contributed by atoms with Gasteiger partial charge in [0, 0.05) is 12.6 Å². The minimum Gasteiger partial charge on any atom is -0.313 e. The zero-order valence-corrected chi connectivity index (χ0v) is 11.6. The number of nitrogens with one attached hydrogen (secondary N) is 1. The Bertz CT molecular complexity index is 647. The third-order valence-electron chi connectivity index (χ3n) is 3.70. The number of aromatic nitrogens is 3. The summed E-state index contributed by atoms with van der Waals surface area (Å²) in [5.74, 6) is 0. The lowest BCUT2D eigenvalue weighted by Crippen LogP contribution is -2.39. The molecule has 0 spiro atoms. The van der Waals surface area contributed by atoms with E-state index in [0.717, 1.165) is 13.1 Å². The first-order valence-corrected chi connectivity index (χ1v) is 6.98. The van der Waals surface area contributed by atoms with Crippen LogP contribution in [0.5, 0.6) is 0 Å². The molecule has 1 aromatic carbocycles. The van der Waals surface area contributed by atoms with Gasteiger partial charge in [-0.25, -0.2) is 0 Å². The summed E-state index contributed by atoms with van der Waals surface area (Å²) in [4.78, 5) is 14.4. The normalized spacial score (nSPS) is 19.0. The van der Waals surface area contributed by atoms with E-state index in [0.29, 0.717) is 23.6 Å². The monoisotopic (exact) mass is 273 g/mol. The van der Waals surface area contributed by atoms with E-state index in [9.17, 15) is 4.79 Å². The third kappa shape index (κ3) is 2.71. The van der Waals surface area contributed by atoms with Crippen molar-refractivity contribution < 1.29 is 0 Å². The van der Waals surface area contributed by atoms with Gasteiger partial charge in [0.15, 0.2) is 0 Å². The van der Waals surface area contributed by atoms with Crippen LogP contribution in [-0.2, 0) is 6.67 Å². The van der Waals surface area contributed by atoms with E-state index in [1.807, 2.05) is 19.2 Å². The van der Waals surface area contributed by atoms with Gasteiger partial charge in [0.2, 0.25) is 0 Å². The lowest BCUT2D eigenvalue weighted by molar-refractivity contribution is 0.225. The first-order valence-electron chi connectivity index (χ1n) is 6.98. The Morgan fingerprint density at radius 1 is 1.45 bits per heavy atom. The molecule has 0 bridgehead atoms. The number of likely N-dealkylation sites (N-methyl/N-ethyl adjacent to an activating group) is 1. The molecule has 0 saturated carbocycles. The first kappa shape index (κ1) is 13.2. The van der Waals surface area contributed by atoms with E-state index in [1.54, 1.807) is 12.1 Å². The highest BCUT2D eigenvalue weighted by Gasteiger charge is 2.16. The minimum atomic E-state index is -0.0816. The predicted octanol–water partition coefficient (Wildman–Crippen LogP) is 0.433. The van der Waals surface area contributed by atoms with E-state index in [2.05, 4.69) is 20.5 Å². The van der Waals surface area contributed by atoms with Crippen LogP contribution in [0.1, 0.15) is 12.8 Å². The molecule has 1 saturated heterocycles. The maximum Gasteiger partial charge on any atom is 0.278 e. The highest BCUT2D eigenvalue weighted by molar-refractivity contribution is 5.76. The molecular formula is C14H19N5O. The molecule has 1 unspecified atom stereocenters. The van der Waals surface area contributed by atoms with Crippen LogP contribution in [0.2, 0.25) is 0 Å². The summed E-state index contributed by atoms with van der Waals surface area (Å²) in [6.45, 7) is 2.48. The maximum absolute atomic E-state index is 12.3. The number of nitrogens with zero attached hydrogens (tertiary/aromatic N) is 4. The molecule has 6 heteroatoms. The molecule has 0 amide bonds. The second-order valence-corrected chi connectivity index (χ2v) is 5.38. The Balaban J connectivity index is 1.76. The molecule has 0 aliphatic carbocycles. The van der Waals surface area contributed by atoms with E-state index in [1.165, 1.54) is 17.5 Å². The standard InChI is InChI=1S/C14H19N5O/c1-18(9-11-5-4-8-15-11)10-19-14(20)12-6-2-3-7-13(12)16-17-19/h2-3,6-7,11,15H,4-5,8-10H2,1H3. The lowest BCUT2D eigenvalue weighted by Gasteiger charge is -2.20. The van der Waals surface area contributed by atoms with Crippen LogP contribution in [0, 0.1) is 0 Å². The summed E-state index contributed by atoms with van der Waals surface area (Å²) in [6, 6.07) is 7.83. The molecule has 3 rings (SSSR count). The SMILES string of the molecule is CN(CC1CCCN1)Cn1nnc2ccccc2c1=O. The molecule has 20 heavy (non-hydrogen) atoms. The van der Waals surface area contributed by atoms with Crippen molar-refractivity contribution in [3.63, 3.8) is 0 Å². The molecule has 2 aromatic rings. The number of rotatable bonds is 4. The second-order valence-electron chi connectivity index (χ2n) is 5.38. The van der Waals surface area contributed by atoms with Gasteiger partial charge in [-0.1, -0.05) is 17.3 Å². The van der Waals surface area contributed by atoms with Crippen LogP contribution in [0.25, 0.3) is 10.9 Å². The molecule has 1 fully saturated rings. The van der Waals surface area contributed by atoms with Gasteiger partial charge in [-0.2, -0.15) is 4.68 Å². The molecule has 1 aromatic heterocycles. The fourth-order valence-corrected chi connectivity index (χ4v) is 2.69. The summed E-state index contributed by atoms with van der Waals surface area (Å²) in [5.41, 5.74) is 0.565. The summed E-state index contributed by atoms with van der Waals surface area (Å²) in [5, 5.41) is 12.2. The number of benzene rings is 1. The fraction of sp³-hybridized carbons (Fsp3) is 0.500. The van der Waals surface area contributed by atoms with Crippen LogP contribution in [0.3, 0.4) is 0 Å². The van der Waals surface area contributed by atoms with Crippen molar-refractivity contribution in [1.82, 2.24) is 25.2 Å². The van der Waals surface area contributed by atoms with Crippen molar-refractivity contribution in [3.8, 4) is 0 Å². The van der Waals surface area contributed by atoms with Gasteiger partial charge in [0.05, 0.1) is 12.1 Å². The quantitative estimate of drug-likeness (QED) is 0.875. The Morgan fingerprint density at radius 2 is 2.30 bits per heavy atom. The van der Waals surface area contributed by atoms with Crippen molar-refractivity contribution in [2.75, 3.05) is 20.1 Å². The average molecular weight is 273 g/mol. The predicted molar refractivity (Wildman–Crippen MR) is 77.5 cm³/mol. The Labute approximate surface area is 117 Å². The summed E-state index contributed by atoms with van der Waals surface area (Å²) in [7, 11) is 2.00. The van der Waals surface area contributed by atoms with Crippen molar-refractivity contribution in [3.05, 3.63) is 34.6 Å². The van der Waals surface area contributed by atoms with E-state index < -0.39 is 0 Å². The van der Waals surface area contributed by atoms with Gasteiger partial charge in [-0.15, -0.1) is 5.10 Å². The van der Waals surface area contributed by atoms with Gasteiger partial charge in [-0.3, -0.25) is 9.69 Å². The zero-order valence-electron chi connectivity index (χ0n) is 11.6. The molecule has 1 N–H and O–H groups in total. The third-order valence-corrected chi connectivity index (χ3v) is 3.70. The molecule has 0 radical (unpaired) electrons. The number of fused-ring (bicyclic) bond motifs is 1. The molecule has 106 valence electrons. The second kappa shape index (κ2) is 5.68. The van der Waals surface area contributed by atoms with Gasteiger partial charge in [0.1, 0.15) is 5.52 Å². The Hall–Kier alpha value is -1.79. The van der Waals surface area contributed by atoms with Gasteiger partial charge in [-0.05, 0) is 38.6 Å². The summed E-state index contributed by atoms with van der Waals surface area (Å²) < 4.78 is 1.43. The van der Waals surface area contributed by atoms with Crippen molar-refractivity contribution >= 4 is 10.9 Å². The smallest absolute Gasteiger partial charge is 0.278 e. The minimum absolute atomic E-state index is 0.0816. The largest absolute Gasteiger partial charge is 0.313 e. The van der Waals surface area contributed by atoms with Crippen LogP contribution in [-0.4, -0.2) is 46.1 Å². The van der Waals surface area contributed by atoms with Crippen molar-refractivity contribution in [2.24, 2.45) is 0 Å². The van der Waals surface area contributed by atoms with Crippen LogP contribution < -0.4 is 10.9 Å². The maximum atomic E-state index is 12.3. The molecule has 1 aliphatic heterocycles. The van der Waals surface area contributed by atoms with Crippen molar-refractivity contribution in [1.29, 1.82) is 0 Å². The average Bonchev–Trinajstić information content (AvgIpc) is 2.95. The molecule has 1 atom stereocenters. The van der Waals surface area contributed by atoms with Crippen LogP contribution in [0.15, 0.2) is 29.1 Å². The van der Waals surface area contributed by atoms with Gasteiger partial charge < -0.3 is 5.32 Å². The topological polar surface area (TPSA) is 63.1 Å². The molecule has 6 nitrogen and oxygen atoms in total. The van der Waals surface area contributed by atoms with Gasteiger partial charge >= 0.3 is 0 Å². The van der Waals surface area contributed by atoms with Crippen LogP contribution >= 0.6 is 0 Å². The number of hydrogen-bond acceptors (Lipinski definition) is 5. The molecular weight excluding hydrogens is 254 g/mol. The van der Waals surface area contributed by atoms with E-state index in [-0.39, 0.29) is 5.56 Å². The summed E-state index contributed by atoms with van der Waals surface area (Å²) in [6.07, 6.45) is 2.43. The van der Waals surface area contributed by atoms with Crippen LogP contribution in [0.4, 0.5) is 0 Å². The lowest BCUT2D eigenvalue weighted by atomic mass is 10.2. The zero-order chi connectivity index (χ0) is 13.9. The number of hydrogen-bond donors (Lipinski definition) is 1. The first-order chi connectivity index (χ1) is 9.74. The van der Waals surface area contributed by atoms with Crippen molar-refractivity contribution in [2.45, 2.75) is 25.6 Å². The highest BCUT2D eigenvalue weighted by Crippen LogP contribution is 2.07. The van der Waals surface area contributed by atoms with Gasteiger partial charge in [0.25, 0.3) is 5.56 Å².